The maximum absolute atomic E-state index is 11.5. The summed E-state index contributed by atoms with van der Waals surface area (Å²) in [6.45, 7) is 0. The van der Waals surface area contributed by atoms with Crippen LogP contribution in [-0.2, 0) is 14.3 Å². The molecule has 3 unspecified atom stereocenters. The molecule has 72 valence electrons. The number of hydrogen-bond acceptors (Lipinski definition) is 3. The van der Waals surface area contributed by atoms with E-state index < -0.39 is 5.92 Å². The molecule has 2 saturated carbocycles. The number of ether oxygens (including phenoxy) is 1. The van der Waals surface area contributed by atoms with Gasteiger partial charge >= 0.3 is 5.97 Å². The van der Waals surface area contributed by atoms with Crippen LogP contribution < -0.4 is 0 Å². The van der Waals surface area contributed by atoms with Crippen LogP contribution in [0.4, 0.5) is 0 Å². The topological polar surface area (TPSA) is 43.4 Å². The number of esters is 1. The Labute approximate surface area is 77.4 Å². The quantitative estimate of drug-likeness (QED) is 0.451. The number of ketones is 1. The summed E-state index contributed by atoms with van der Waals surface area (Å²) in [5.41, 5.74) is 0. The highest BCUT2D eigenvalue weighted by molar-refractivity contribution is 6.01. The summed E-state index contributed by atoms with van der Waals surface area (Å²) in [6.07, 6.45) is 3.90. The first-order valence-electron chi connectivity index (χ1n) is 4.84. The second kappa shape index (κ2) is 3.13. The minimum Gasteiger partial charge on any atom is -0.468 e. The fraction of sp³-hybridized carbons (Fsp3) is 0.800. The van der Waals surface area contributed by atoms with Crippen molar-refractivity contribution >= 4 is 11.8 Å². The first kappa shape index (κ1) is 8.73. The summed E-state index contributed by atoms with van der Waals surface area (Å²) in [5, 5.41) is 0. The maximum Gasteiger partial charge on any atom is 0.316 e. The molecule has 0 saturated heterocycles. The third-order valence-electron chi connectivity index (χ3n) is 3.41. The monoisotopic (exact) mass is 182 g/mol. The summed E-state index contributed by atoms with van der Waals surface area (Å²) >= 11 is 0. The molecule has 2 aliphatic rings. The normalized spacial score (nSPS) is 37.6. The Morgan fingerprint density at radius 3 is 2.92 bits per heavy atom. The molecule has 0 aromatic carbocycles. The van der Waals surface area contributed by atoms with Gasteiger partial charge in [-0.15, -0.1) is 0 Å². The van der Waals surface area contributed by atoms with Crippen LogP contribution >= 0.6 is 0 Å². The van der Waals surface area contributed by atoms with Crippen molar-refractivity contribution < 1.29 is 14.3 Å². The van der Waals surface area contributed by atoms with Crippen molar-refractivity contribution in [2.75, 3.05) is 7.11 Å². The van der Waals surface area contributed by atoms with Crippen LogP contribution in [-0.4, -0.2) is 18.9 Å². The molecule has 3 heteroatoms. The third-order valence-corrected chi connectivity index (χ3v) is 3.41. The van der Waals surface area contributed by atoms with Crippen LogP contribution in [0.1, 0.15) is 25.7 Å². The number of methoxy groups -OCH3 is 1. The zero-order valence-electron chi connectivity index (χ0n) is 7.79. The molecule has 0 N–H and O–H groups in total. The standard InChI is InChI=1S/C10H14O3/c1-13-10(12)9-7-4-2-3-6(7)5-8(9)11/h6-7,9H,2-5H2,1H3. The third kappa shape index (κ3) is 1.26. The molecule has 0 aromatic rings. The molecule has 13 heavy (non-hydrogen) atoms. The van der Waals surface area contributed by atoms with Crippen LogP contribution in [0.5, 0.6) is 0 Å². The van der Waals surface area contributed by atoms with E-state index in [0.29, 0.717) is 18.3 Å². The van der Waals surface area contributed by atoms with Crippen molar-refractivity contribution in [3.63, 3.8) is 0 Å². The van der Waals surface area contributed by atoms with Crippen molar-refractivity contribution in [2.24, 2.45) is 17.8 Å². The molecule has 0 bridgehead atoms. The summed E-state index contributed by atoms with van der Waals surface area (Å²) in [4.78, 5) is 22.8. The van der Waals surface area contributed by atoms with E-state index in [4.69, 9.17) is 0 Å². The molecule has 2 rings (SSSR count). The lowest BCUT2D eigenvalue weighted by atomic mass is 9.92. The highest BCUT2D eigenvalue weighted by Gasteiger charge is 2.48. The predicted octanol–water partition coefficient (Wildman–Crippen LogP) is 1.16. The fourth-order valence-electron chi connectivity index (χ4n) is 2.82. The lowest BCUT2D eigenvalue weighted by Gasteiger charge is -2.13. The van der Waals surface area contributed by atoms with Crippen molar-refractivity contribution in [1.82, 2.24) is 0 Å². The number of Topliss-reactive ketones (excluding diaryl/α,β-unsaturated/α-hetero) is 1. The molecule has 3 nitrogen and oxygen atoms in total. The fourth-order valence-corrected chi connectivity index (χ4v) is 2.82. The van der Waals surface area contributed by atoms with Crippen LogP contribution in [0.2, 0.25) is 0 Å². The number of carbonyl (C=O) groups is 2. The van der Waals surface area contributed by atoms with E-state index >= 15 is 0 Å². The van der Waals surface area contributed by atoms with Crippen LogP contribution in [0, 0.1) is 17.8 Å². The van der Waals surface area contributed by atoms with Gasteiger partial charge in [0.2, 0.25) is 0 Å². The first-order valence-corrected chi connectivity index (χ1v) is 4.84. The molecule has 0 aliphatic heterocycles. The number of fused-ring (bicyclic) bond motifs is 1. The van der Waals surface area contributed by atoms with Gasteiger partial charge in [0.1, 0.15) is 11.7 Å². The van der Waals surface area contributed by atoms with Gasteiger partial charge in [-0.25, -0.2) is 0 Å². The van der Waals surface area contributed by atoms with Gasteiger partial charge in [0.05, 0.1) is 7.11 Å². The van der Waals surface area contributed by atoms with Gasteiger partial charge in [0, 0.05) is 6.42 Å². The summed E-state index contributed by atoms with van der Waals surface area (Å²) in [6, 6.07) is 0. The first-order chi connectivity index (χ1) is 6.24. The second-order valence-electron chi connectivity index (χ2n) is 4.03. The minimum atomic E-state index is -0.433. The molecule has 0 amide bonds. The van der Waals surface area contributed by atoms with Crippen molar-refractivity contribution in [3.8, 4) is 0 Å². The van der Waals surface area contributed by atoms with Gasteiger partial charge < -0.3 is 4.74 Å². The molecule has 3 atom stereocenters. The average Bonchev–Trinajstić information content (AvgIpc) is 2.62. The Morgan fingerprint density at radius 2 is 2.23 bits per heavy atom. The zero-order valence-corrected chi connectivity index (χ0v) is 7.79. The Balaban J connectivity index is 2.16. The van der Waals surface area contributed by atoms with Gasteiger partial charge in [-0.1, -0.05) is 6.42 Å². The largest absolute Gasteiger partial charge is 0.468 e. The Morgan fingerprint density at radius 1 is 1.46 bits per heavy atom. The lowest BCUT2D eigenvalue weighted by Crippen LogP contribution is -2.26. The minimum absolute atomic E-state index is 0.0987. The Hall–Kier alpha value is -0.860. The number of rotatable bonds is 1. The highest BCUT2D eigenvalue weighted by atomic mass is 16.5. The molecule has 2 aliphatic carbocycles. The molecular weight excluding hydrogens is 168 g/mol. The predicted molar refractivity (Wildman–Crippen MR) is 46.0 cm³/mol. The molecule has 0 heterocycles. The van der Waals surface area contributed by atoms with E-state index in [2.05, 4.69) is 4.74 Å². The number of hydrogen-bond donors (Lipinski definition) is 0. The van der Waals surface area contributed by atoms with Crippen LogP contribution in [0.15, 0.2) is 0 Å². The van der Waals surface area contributed by atoms with E-state index in [-0.39, 0.29) is 11.8 Å². The molecule has 0 spiro atoms. The summed E-state index contributed by atoms with van der Waals surface area (Å²) in [5.74, 6) is 0.106. The maximum atomic E-state index is 11.5. The van der Waals surface area contributed by atoms with Crippen LogP contribution in [0.3, 0.4) is 0 Å². The van der Waals surface area contributed by atoms with E-state index in [1.165, 1.54) is 7.11 Å². The molecule has 0 radical (unpaired) electrons. The summed E-state index contributed by atoms with van der Waals surface area (Å²) < 4.78 is 4.65. The Bertz CT molecular complexity index is 239. The van der Waals surface area contributed by atoms with E-state index in [9.17, 15) is 9.59 Å². The van der Waals surface area contributed by atoms with Crippen molar-refractivity contribution in [1.29, 1.82) is 0 Å². The van der Waals surface area contributed by atoms with Gasteiger partial charge in [0.15, 0.2) is 0 Å². The summed E-state index contributed by atoms with van der Waals surface area (Å²) in [7, 11) is 1.36. The lowest BCUT2D eigenvalue weighted by molar-refractivity contribution is -0.149. The van der Waals surface area contributed by atoms with Crippen LogP contribution in [0.25, 0.3) is 0 Å². The molecule has 0 aromatic heterocycles. The SMILES string of the molecule is COC(=O)C1C(=O)CC2CCCC21. The van der Waals surface area contributed by atoms with Gasteiger partial charge in [-0.3, -0.25) is 9.59 Å². The highest BCUT2D eigenvalue weighted by Crippen LogP contribution is 2.45. The zero-order chi connectivity index (χ0) is 9.42. The number of carbonyl (C=O) groups excluding carboxylic acids is 2. The average molecular weight is 182 g/mol. The molecule has 2 fully saturated rings. The second-order valence-corrected chi connectivity index (χ2v) is 4.03. The molecular formula is C10H14O3. The van der Waals surface area contributed by atoms with Gasteiger partial charge in [-0.2, -0.15) is 0 Å². The van der Waals surface area contributed by atoms with Gasteiger partial charge in [0.25, 0.3) is 0 Å². The van der Waals surface area contributed by atoms with Crippen molar-refractivity contribution in [3.05, 3.63) is 0 Å². The van der Waals surface area contributed by atoms with Crippen molar-refractivity contribution in [2.45, 2.75) is 25.7 Å². The Kier molecular flexibility index (Phi) is 2.10. The van der Waals surface area contributed by atoms with E-state index in [1.807, 2.05) is 0 Å². The smallest absolute Gasteiger partial charge is 0.316 e. The van der Waals surface area contributed by atoms with E-state index in [1.54, 1.807) is 0 Å². The van der Waals surface area contributed by atoms with E-state index in [0.717, 1.165) is 19.3 Å². The van der Waals surface area contributed by atoms with Gasteiger partial charge in [-0.05, 0) is 24.7 Å².